The predicted molar refractivity (Wildman–Crippen MR) is 100 cm³/mol. The number of hydrogen-bond donors (Lipinski definition) is 3. The summed E-state index contributed by atoms with van der Waals surface area (Å²) >= 11 is 12.0. The second-order valence-corrected chi connectivity index (χ2v) is 7.08. The maximum Gasteiger partial charge on any atom is 0.412 e. The fourth-order valence-electron chi connectivity index (χ4n) is 1.95. The minimum Gasteiger partial charge on any atom is -0.444 e. The van der Waals surface area contributed by atoms with Crippen LogP contribution in [0, 0.1) is 0 Å². The molecule has 0 saturated heterocycles. The first-order valence-electron chi connectivity index (χ1n) is 7.25. The molecule has 0 unspecified atom stereocenters. The Labute approximate surface area is 151 Å². The van der Waals surface area contributed by atoms with Gasteiger partial charge in [-0.3, -0.25) is 5.32 Å². The van der Waals surface area contributed by atoms with E-state index in [-0.39, 0.29) is 0 Å². The third-order valence-electron chi connectivity index (χ3n) is 2.84. The summed E-state index contributed by atoms with van der Waals surface area (Å²) in [6.45, 7) is 5.39. The quantitative estimate of drug-likeness (QED) is 0.611. The van der Waals surface area contributed by atoms with Gasteiger partial charge >= 0.3 is 6.09 Å². The van der Waals surface area contributed by atoms with E-state index in [1.165, 1.54) is 0 Å². The van der Waals surface area contributed by atoms with Crippen LogP contribution in [0.25, 0.3) is 0 Å². The topological polar surface area (TPSA) is 76.4 Å². The molecule has 0 fully saturated rings. The van der Waals surface area contributed by atoms with Crippen LogP contribution in [-0.2, 0) is 4.74 Å². The summed E-state index contributed by atoms with van der Waals surface area (Å²) in [5.41, 5.74) is 7.77. The van der Waals surface area contributed by atoms with E-state index in [0.29, 0.717) is 32.8 Å². The fourth-order valence-corrected chi connectivity index (χ4v) is 2.47. The zero-order valence-corrected chi connectivity index (χ0v) is 15.1. The van der Waals surface area contributed by atoms with Gasteiger partial charge in [0.1, 0.15) is 5.60 Å². The van der Waals surface area contributed by atoms with Crippen molar-refractivity contribution in [3.8, 4) is 0 Å². The molecule has 0 aromatic heterocycles. The molecule has 2 aromatic carbocycles. The van der Waals surface area contributed by atoms with Crippen LogP contribution in [-0.4, -0.2) is 11.7 Å². The molecule has 0 atom stereocenters. The summed E-state index contributed by atoms with van der Waals surface area (Å²) in [5.74, 6) is 0. The smallest absolute Gasteiger partial charge is 0.412 e. The van der Waals surface area contributed by atoms with Gasteiger partial charge in [0.2, 0.25) is 0 Å². The van der Waals surface area contributed by atoms with Crippen LogP contribution in [0.4, 0.5) is 27.5 Å². The van der Waals surface area contributed by atoms with E-state index in [9.17, 15) is 4.79 Å². The van der Waals surface area contributed by atoms with Crippen LogP contribution in [0.2, 0.25) is 10.0 Å². The Bertz CT molecular complexity index is 738. The highest BCUT2D eigenvalue weighted by Gasteiger charge is 2.16. The van der Waals surface area contributed by atoms with Crippen molar-refractivity contribution in [2.45, 2.75) is 26.4 Å². The lowest BCUT2D eigenvalue weighted by molar-refractivity contribution is 0.0636. The van der Waals surface area contributed by atoms with Gasteiger partial charge in [0, 0.05) is 21.4 Å². The molecule has 0 aliphatic carbocycles. The zero-order valence-electron chi connectivity index (χ0n) is 13.6. The summed E-state index contributed by atoms with van der Waals surface area (Å²) < 4.78 is 5.22. The average molecular weight is 368 g/mol. The molecule has 128 valence electrons. The number of ether oxygens (including phenoxy) is 1. The van der Waals surface area contributed by atoms with E-state index in [1.807, 2.05) is 0 Å². The normalized spacial score (nSPS) is 11.0. The number of hydrogen-bond acceptors (Lipinski definition) is 4. The number of nitrogens with two attached hydrogens (primary N) is 1. The fraction of sp³-hybridized carbons (Fsp3) is 0.235. The van der Waals surface area contributed by atoms with Gasteiger partial charge < -0.3 is 15.8 Å². The molecule has 0 radical (unpaired) electrons. The Kier molecular flexibility index (Phi) is 5.47. The van der Waals surface area contributed by atoms with Gasteiger partial charge in [0.05, 0.1) is 11.4 Å². The Morgan fingerprint density at radius 3 is 2.25 bits per heavy atom. The third-order valence-corrected chi connectivity index (χ3v) is 3.28. The number of anilines is 4. The lowest BCUT2D eigenvalue weighted by atomic mass is 10.2. The number of halogens is 2. The summed E-state index contributed by atoms with van der Waals surface area (Å²) in [4.78, 5) is 11.9. The number of nitrogens with one attached hydrogen (secondary N) is 2. The molecule has 2 aromatic rings. The molecule has 4 N–H and O–H groups in total. The monoisotopic (exact) mass is 367 g/mol. The van der Waals surface area contributed by atoms with E-state index >= 15 is 0 Å². The van der Waals surface area contributed by atoms with Crippen molar-refractivity contribution in [3.05, 3.63) is 46.4 Å². The van der Waals surface area contributed by atoms with Crippen molar-refractivity contribution < 1.29 is 9.53 Å². The highest BCUT2D eigenvalue weighted by molar-refractivity contribution is 6.35. The Hall–Kier alpha value is -2.11. The van der Waals surface area contributed by atoms with Crippen LogP contribution in [0.5, 0.6) is 0 Å². The second-order valence-electron chi connectivity index (χ2n) is 6.21. The second kappa shape index (κ2) is 7.20. The van der Waals surface area contributed by atoms with Gasteiger partial charge in [0.15, 0.2) is 0 Å². The third kappa shape index (κ3) is 5.51. The van der Waals surface area contributed by atoms with Crippen LogP contribution in [0.1, 0.15) is 20.8 Å². The molecule has 7 heteroatoms. The number of nitrogen functional groups attached to an aromatic ring is 1. The SMILES string of the molecule is CC(C)(C)OC(=O)Nc1ccc(N)c(Nc2cc(Cl)cc(Cl)c2)c1. The van der Waals surface area contributed by atoms with E-state index < -0.39 is 11.7 Å². The van der Waals surface area contributed by atoms with Gasteiger partial charge in [0.25, 0.3) is 0 Å². The molecule has 5 nitrogen and oxygen atoms in total. The van der Waals surface area contributed by atoms with Crippen LogP contribution in [0.15, 0.2) is 36.4 Å². The molecule has 0 saturated carbocycles. The van der Waals surface area contributed by atoms with Crippen molar-refractivity contribution in [3.63, 3.8) is 0 Å². The highest BCUT2D eigenvalue weighted by Crippen LogP contribution is 2.30. The minimum atomic E-state index is -0.573. The van der Waals surface area contributed by atoms with E-state index in [2.05, 4.69) is 10.6 Å². The molecule has 0 spiro atoms. The summed E-state index contributed by atoms with van der Waals surface area (Å²) in [6, 6.07) is 10.2. The van der Waals surface area contributed by atoms with Crippen LogP contribution < -0.4 is 16.4 Å². The number of carbonyl (C=O) groups is 1. The van der Waals surface area contributed by atoms with E-state index in [0.717, 1.165) is 0 Å². The minimum absolute atomic E-state index is 0.506. The van der Waals surface area contributed by atoms with E-state index in [4.69, 9.17) is 33.7 Å². The van der Waals surface area contributed by atoms with Gasteiger partial charge in [-0.15, -0.1) is 0 Å². The Balaban J connectivity index is 2.18. The molecule has 0 aliphatic heterocycles. The van der Waals surface area contributed by atoms with Gasteiger partial charge in [-0.1, -0.05) is 23.2 Å². The lowest BCUT2D eigenvalue weighted by Gasteiger charge is -2.20. The zero-order chi connectivity index (χ0) is 17.9. The lowest BCUT2D eigenvalue weighted by Crippen LogP contribution is -2.27. The molecule has 24 heavy (non-hydrogen) atoms. The first kappa shape index (κ1) is 18.2. The van der Waals surface area contributed by atoms with E-state index in [1.54, 1.807) is 57.2 Å². The number of benzene rings is 2. The maximum atomic E-state index is 11.9. The highest BCUT2D eigenvalue weighted by atomic mass is 35.5. The Morgan fingerprint density at radius 2 is 1.67 bits per heavy atom. The molecule has 0 bridgehead atoms. The molecule has 1 amide bonds. The summed E-state index contributed by atoms with van der Waals surface area (Å²) in [6.07, 6.45) is -0.538. The summed E-state index contributed by atoms with van der Waals surface area (Å²) in [7, 11) is 0. The molecule has 0 heterocycles. The number of amides is 1. The molecular weight excluding hydrogens is 349 g/mol. The maximum absolute atomic E-state index is 11.9. The van der Waals surface area contributed by atoms with Crippen LogP contribution in [0.3, 0.4) is 0 Å². The van der Waals surface area contributed by atoms with Crippen molar-refractivity contribution in [1.29, 1.82) is 0 Å². The average Bonchev–Trinajstić information content (AvgIpc) is 2.39. The van der Waals surface area contributed by atoms with Gasteiger partial charge in [-0.2, -0.15) is 0 Å². The van der Waals surface area contributed by atoms with Gasteiger partial charge in [-0.25, -0.2) is 4.79 Å². The van der Waals surface area contributed by atoms with Crippen molar-refractivity contribution in [2.75, 3.05) is 16.4 Å². The molecule has 0 aliphatic rings. The molecular formula is C17H19Cl2N3O2. The van der Waals surface area contributed by atoms with Crippen molar-refractivity contribution in [2.24, 2.45) is 0 Å². The van der Waals surface area contributed by atoms with Crippen LogP contribution >= 0.6 is 23.2 Å². The van der Waals surface area contributed by atoms with Crippen molar-refractivity contribution >= 4 is 52.0 Å². The first-order chi connectivity index (χ1) is 11.1. The summed E-state index contributed by atoms with van der Waals surface area (Å²) in [5, 5.41) is 6.81. The number of carbonyl (C=O) groups excluding carboxylic acids is 1. The van der Waals surface area contributed by atoms with Crippen molar-refractivity contribution in [1.82, 2.24) is 0 Å². The largest absolute Gasteiger partial charge is 0.444 e. The first-order valence-corrected chi connectivity index (χ1v) is 8.01. The standard InChI is InChI=1S/C17H19Cl2N3O2/c1-17(2,3)24-16(23)22-12-4-5-14(20)15(9-12)21-13-7-10(18)6-11(19)8-13/h4-9,21H,20H2,1-3H3,(H,22,23). The number of rotatable bonds is 3. The van der Waals surface area contributed by atoms with Gasteiger partial charge in [-0.05, 0) is 57.2 Å². The molecule has 2 rings (SSSR count). The predicted octanol–water partition coefficient (Wildman–Crippen LogP) is 5.67. The Morgan fingerprint density at radius 1 is 1.04 bits per heavy atom.